The maximum Gasteiger partial charge on any atom is 0.186 e. The molecule has 112 valence electrons. The number of allylic oxidation sites excluding steroid dienone is 1. The number of benzene rings is 1. The third-order valence-electron chi connectivity index (χ3n) is 2.10. The van der Waals surface area contributed by atoms with E-state index in [0.717, 1.165) is 22.6 Å². The van der Waals surface area contributed by atoms with Crippen molar-refractivity contribution in [3.8, 4) is 0 Å². The number of hydrogen-bond acceptors (Lipinski definition) is 2. The van der Waals surface area contributed by atoms with Crippen molar-refractivity contribution >= 4 is 51.4 Å². The summed E-state index contributed by atoms with van der Waals surface area (Å²) in [5.74, 6) is 0. The maximum absolute atomic E-state index is 9.19. The van der Waals surface area contributed by atoms with Crippen molar-refractivity contribution in [1.82, 2.24) is 0 Å². The summed E-state index contributed by atoms with van der Waals surface area (Å²) in [7, 11) is 4.01. The Morgan fingerprint density at radius 1 is 1.30 bits per heavy atom. The van der Waals surface area contributed by atoms with E-state index >= 15 is 0 Å². The largest absolute Gasteiger partial charge is 0.776 e. The van der Waals surface area contributed by atoms with Gasteiger partial charge in [0, 0.05) is 5.57 Å². The summed E-state index contributed by atoms with van der Waals surface area (Å²) in [6.07, 6.45) is -0.943. The maximum atomic E-state index is 9.19. The second kappa shape index (κ2) is 9.59. The van der Waals surface area contributed by atoms with Crippen molar-refractivity contribution in [2.45, 2.75) is 13.3 Å². The van der Waals surface area contributed by atoms with Crippen LogP contribution in [0, 0.1) is 0 Å². The molecule has 0 aromatic heterocycles. The molecule has 1 aromatic rings. The fourth-order valence-corrected chi connectivity index (χ4v) is 1.69. The Morgan fingerprint density at radius 3 is 2.10 bits per heavy atom. The van der Waals surface area contributed by atoms with Crippen LogP contribution in [0.25, 0.3) is 5.03 Å². The van der Waals surface area contributed by atoms with Crippen LogP contribution in [0.2, 0.25) is 0 Å². The highest BCUT2D eigenvalue weighted by Crippen LogP contribution is 2.46. The van der Waals surface area contributed by atoms with Crippen LogP contribution in [0.15, 0.2) is 35.9 Å². The Hall–Kier alpha value is -0.310. The average Bonchev–Trinajstić information content (AvgIpc) is 2.34. The van der Waals surface area contributed by atoms with Gasteiger partial charge in [-0.15, -0.1) is 0 Å². The minimum absolute atomic E-state index is 0.840. The van der Waals surface area contributed by atoms with Crippen LogP contribution in [0.3, 0.4) is 0 Å². The lowest BCUT2D eigenvalue weighted by Crippen LogP contribution is -2.01. The molecular formula is C13H17Cl3NO2P. The van der Waals surface area contributed by atoms with E-state index in [9.17, 15) is 9.46 Å². The molecule has 0 fully saturated rings. The Labute approximate surface area is 134 Å². The van der Waals surface area contributed by atoms with Gasteiger partial charge in [0.15, 0.2) is 12.3 Å². The molecule has 0 radical (unpaired) electrons. The monoisotopic (exact) mass is 355 g/mol. The van der Waals surface area contributed by atoms with Gasteiger partial charge in [0.25, 0.3) is 0 Å². The minimum Gasteiger partial charge on any atom is -0.776 e. The molecule has 0 aliphatic carbocycles. The summed E-state index contributed by atoms with van der Waals surface area (Å²) in [6, 6.07) is 10.1. The van der Waals surface area contributed by atoms with Gasteiger partial charge in [0.1, 0.15) is 14.1 Å². The zero-order valence-electron chi connectivity index (χ0n) is 11.5. The van der Waals surface area contributed by atoms with E-state index in [2.05, 4.69) is 35.6 Å². The highest BCUT2D eigenvalue weighted by atomic mass is 35.9. The topological polar surface area (TPSA) is 43.1 Å². The quantitative estimate of drug-likeness (QED) is 0.460. The van der Waals surface area contributed by atoms with Crippen LogP contribution >= 0.6 is 40.2 Å². The molecule has 20 heavy (non-hydrogen) atoms. The molecule has 0 aliphatic rings. The molecule has 0 atom stereocenters. The van der Waals surface area contributed by atoms with E-state index in [1.165, 1.54) is 0 Å². The number of hydrogen-bond donors (Lipinski definition) is 0. The van der Waals surface area contributed by atoms with Gasteiger partial charge in [-0.1, -0.05) is 71.3 Å². The standard InChI is InChI=1S/C13H17ClN.Cl2HO2P/c1-4-11(10-15(2)3)13(14)12-8-6-5-7-9-12;1-5(2,3)4/h5-10H,4H2,1-3H3;(H,3,4)/q+1;/p-1/b13-11+;. The summed E-state index contributed by atoms with van der Waals surface area (Å²) in [5.41, 5.74) is 2.24. The van der Waals surface area contributed by atoms with Crippen LogP contribution in [-0.2, 0) is 4.57 Å². The van der Waals surface area contributed by atoms with Gasteiger partial charge >= 0.3 is 0 Å². The van der Waals surface area contributed by atoms with Crippen LogP contribution < -0.4 is 4.89 Å². The van der Waals surface area contributed by atoms with Crippen molar-refractivity contribution in [2.75, 3.05) is 14.1 Å². The van der Waals surface area contributed by atoms with Crippen molar-refractivity contribution in [1.29, 1.82) is 0 Å². The summed E-state index contributed by atoms with van der Waals surface area (Å²) in [5, 5.41) is 0.840. The van der Waals surface area contributed by atoms with Crippen molar-refractivity contribution < 1.29 is 14.0 Å². The Balaban J connectivity index is 0.000000621. The summed E-state index contributed by atoms with van der Waals surface area (Å²) < 4.78 is 11.2. The molecule has 1 rings (SSSR count). The molecule has 3 nitrogen and oxygen atoms in total. The highest BCUT2D eigenvalue weighted by molar-refractivity contribution is 8.03. The Bertz CT molecular complexity index is 511. The zero-order valence-corrected chi connectivity index (χ0v) is 14.7. The van der Waals surface area contributed by atoms with E-state index in [0.29, 0.717) is 0 Å². The molecule has 0 spiro atoms. The lowest BCUT2D eigenvalue weighted by atomic mass is 10.1. The molecule has 0 aliphatic heterocycles. The van der Waals surface area contributed by atoms with Gasteiger partial charge in [0.05, 0.1) is 5.03 Å². The van der Waals surface area contributed by atoms with Gasteiger partial charge in [-0.05, 0) is 12.0 Å². The van der Waals surface area contributed by atoms with Gasteiger partial charge < -0.3 is 9.46 Å². The second-order valence-electron chi connectivity index (χ2n) is 4.07. The third kappa shape index (κ3) is 10.5. The first-order valence-corrected chi connectivity index (χ1v) is 9.62. The van der Waals surface area contributed by atoms with Crippen LogP contribution in [0.4, 0.5) is 0 Å². The fourth-order valence-electron chi connectivity index (χ4n) is 1.38. The fraction of sp³-hybridized carbons (Fsp3) is 0.308. The normalized spacial score (nSPS) is 11.9. The number of halogens is 3. The van der Waals surface area contributed by atoms with E-state index in [4.69, 9.17) is 11.6 Å². The zero-order chi connectivity index (χ0) is 15.8. The second-order valence-corrected chi connectivity index (χ2v) is 8.46. The van der Waals surface area contributed by atoms with Gasteiger partial charge in [0.2, 0.25) is 0 Å². The first-order chi connectivity index (χ1) is 9.15. The molecule has 0 amide bonds. The van der Waals surface area contributed by atoms with Crippen molar-refractivity contribution in [3.63, 3.8) is 0 Å². The molecule has 0 heterocycles. The molecule has 7 heteroatoms. The van der Waals surface area contributed by atoms with E-state index in [1.807, 2.05) is 49.0 Å². The van der Waals surface area contributed by atoms with Gasteiger partial charge in [-0.2, -0.15) is 0 Å². The Morgan fingerprint density at radius 2 is 1.75 bits per heavy atom. The minimum atomic E-state index is -3.94. The van der Waals surface area contributed by atoms with Gasteiger partial charge in [-0.25, -0.2) is 4.58 Å². The molecular weight excluding hydrogens is 339 g/mol. The SMILES string of the molecule is CC/C(C=[N+](C)C)=C(\Cl)c1ccccc1.O=P([O-])(Cl)Cl. The molecule has 0 saturated carbocycles. The smallest absolute Gasteiger partial charge is 0.186 e. The van der Waals surface area contributed by atoms with Crippen LogP contribution in [0.5, 0.6) is 0 Å². The van der Waals surface area contributed by atoms with Crippen molar-refractivity contribution in [3.05, 3.63) is 41.5 Å². The number of nitrogens with zero attached hydrogens (tertiary/aromatic N) is 1. The first kappa shape index (κ1) is 19.7. The third-order valence-corrected chi connectivity index (χ3v) is 2.57. The summed E-state index contributed by atoms with van der Waals surface area (Å²) in [4.78, 5) is 9.19. The lowest BCUT2D eigenvalue weighted by Gasteiger charge is -2.02. The van der Waals surface area contributed by atoms with Crippen LogP contribution in [-0.4, -0.2) is 24.9 Å². The first-order valence-electron chi connectivity index (χ1n) is 5.80. The molecule has 0 bridgehead atoms. The molecule has 0 N–H and O–H groups in total. The molecule has 0 saturated heterocycles. The predicted octanol–water partition coefficient (Wildman–Crippen LogP) is 4.32. The van der Waals surface area contributed by atoms with E-state index in [-0.39, 0.29) is 0 Å². The van der Waals surface area contributed by atoms with Crippen LogP contribution in [0.1, 0.15) is 18.9 Å². The molecule has 0 unspecified atom stereocenters. The Kier molecular flexibility index (Phi) is 9.45. The number of rotatable bonds is 3. The average molecular weight is 357 g/mol. The highest BCUT2D eigenvalue weighted by Gasteiger charge is 2.05. The van der Waals surface area contributed by atoms with E-state index < -0.39 is 6.07 Å². The summed E-state index contributed by atoms with van der Waals surface area (Å²) in [6.45, 7) is 2.11. The summed E-state index contributed by atoms with van der Waals surface area (Å²) >= 11 is 14.9. The van der Waals surface area contributed by atoms with Gasteiger partial charge in [-0.3, -0.25) is 0 Å². The van der Waals surface area contributed by atoms with Crippen molar-refractivity contribution in [2.24, 2.45) is 0 Å². The molecule has 1 aromatic carbocycles. The predicted molar refractivity (Wildman–Crippen MR) is 87.0 cm³/mol. The lowest BCUT2D eigenvalue weighted by molar-refractivity contribution is -0.459. The van der Waals surface area contributed by atoms with E-state index in [1.54, 1.807) is 0 Å².